The summed E-state index contributed by atoms with van der Waals surface area (Å²) >= 11 is 0. The lowest BCUT2D eigenvalue weighted by molar-refractivity contribution is 0.0583. The number of aromatic nitrogens is 2. The minimum atomic E-state index is -0.452. The number of rotatable bonds is 54. The lowest BCUT2D eigenvalue weighted by atomic mass is 9.79. The molecule has 0 bridgehead atoms. The Hall–Kier alpha value is -12.4. The number of nitrogens with zero attached hydrogens (tertiary/aromatic N) is 4. The molecule has 11 heteroatoms. The van der Waals surface area contributed by atoms with Gasteiger partial charge in [-0.2, -0.15) is 0 Å². The van der Waals surface area contributed by atoms with Crippen molar-refractivity contribution in [3.8, 4) is 52.3 Å². The van der Waals surface area contributed by atoms with Crippen LogP contribution in [0.1, 0.15) is 371 Å². The van der Waals surface area contributed by atoms with Crippen LogP contribution in [0.3, 0.4) is 0 Å². The molecule has 0 aliphatic carbocycles. The Morgan fingerprint density at radius 2 is 0.529 bits per heavy atom. The second-order valence-corrected chi connectivity index (χ2v) is 39.5. The molecular weight excluding hydrogens is 1690 g/mol. The summed E-state index contributed by atoms with van der Waals surface area (Å²) in [5, 5.41) is 9.84. The van der Waals surface area contributed by atoms with E-state index in [1.165, 1.54) is 262 Å². The average Bonchev–Trinajstić information content (AvgIpc) is 1.02. The second-order valence-electron chi connectivity index (χ2n) is 39.5. The molecule has 13 aromatic carbocycles. The Morgan fingerprint density at radius 3 is 0.870 bits per heavy atom. The molecule has 2 aliphatic rings. The van der Waals surface area contributed by atoms with Crippen LogP contribution in [0.15, 0.2) is 218 Å². The van der Waals surface area contributed by atoms with Crippen molar-refractivity contribution in [1.29, 1.82) is 0 Å². The molecule has 0 saturated carbocycles. The van der Waals surface area contributed by atoms with E-state index in [4.69, 9.17) is 14.2 Å². The Bertz CT molecular complexity index is 6750. The molecule has 4 amide bonds. The van der Waals surface area contributed by atoms with Crippen LogP contribution < -0.4 is 14.2 Å². The van der Waals surface area contributed by atoms with E-state index >= 15 is 19.2 Å². The smallest absolute Gasteiger partial charge is 0.261 e. The molecule has 138 heavy (non-hydrogen) atoms. The Balaban J connectivity index is 0.704. The van der Waals surface area contributed by atoms with Crippen molar-refractivity contribution < 1.29 is 33.4 Å². The van der Waals surface area contributed by atoms with Crippen LogP contribution in [0.2, 0.25) is 0 Å². The average molecular weight is 1840 g/mol. The predicted octanol–water partition coefficient (Wildman–Crippen LogP) is 34.2. The van der Waals surface area contributed by atoms with Crippen molar-refractivity contribution in [3.05, 3.63) is 280 Å². The maximum atomic E-state index is 16.3. The van der Waals surface area contributed by atoms with E-state index in [0.29, 0.717) is 108 Å². The maximum Gasteiger partial charge on any atom is 0.261 e. The summed E-state index contributed by atoms with van der Waals surface area (Å²) in [6, 6.07) is 74.0. The zero-order chi connectivity index (χ0) is 94.7. The molecule has 17 rings (SSSR count). The predicted molar refractivity (Wildman–Crippen MR) is 575 cm³/mol. The molecule has 0 atom stereocenters. The van der Waals surface area contributed by atoms with Gasteiger partial charge in [-0.25, -0.2) is 0 Å². The van der Waals surface area contributed by atoms with Gasteiger partial charge in [-0.05, 0) is 169 Å². The highest BCUT2D eigenvalue weighted by atomic mass is 16.5. The molecule has 0 radical (unpaired) electrons. The number of carbonyl (C=O) groups is 4. The van der Waals surface area contributed by atoms with Crippen LogP contribution in [0.5, 0.6) is 17.2 Å². The van der Waals surface area contributed by atoms with Crippen molar-refractivity contribution in [3.63, 3.8) is 0 Å². The standard InChI is InChI=1S/C127H142N4O7/c1-5-8-11-14-17-20-23-26-29-32-35-38-41-52-83-136-115-82-71-96(87-117(115)138-85-54-43-40-37-34-31-28-25-22-19-16-13-10-7-3)91-129-125(133)108-81-79-106-118-97(72-65-93-67-74-99(75-68-93)130-111-59-48-44-55-101(111)102-56-45-49-60-112(102)130)88-109-120-107(124(132)128(126(109)134)90-95-64-63-92(4)116(86-95)137-84-53-42-39-36-33-30-27-24-21-18-15-12-9-6-2)80-78-105(122(118)120)119-98(89-110(127(129)135)121(108)123(106)119)73-66-94-69-76-100(77-70-94)131-113-61-50-46-57-103(113)104-58-47-51-62-114(104)131/h44-51,55-64,67-71,74-82,86-89H,5-43,52-54,83-85,90-91H2,1-4H3. The third-order valence-electron chi connectivity index (χ3n) is 29.3. The van der Waals surface area contributed by atoms with Gasteiger partial charge in [-0.15, -0.1) is 0 Å². The molecule has 11 nitrogen and oxygen atoms in total. The van der Waals surface area contributed by atoms with Gasteiger partial charge in [0.1, 0.15) is 5.75 Å². The maximum absolute atomic E-state index is 16.3. The first-order valence-electron chi connectivity index (χ1n) is 53.4. The molecule has 2 aliphatic heterocycles. The van der Waals surface area contributed by atoms with Crippen LogP contribution in [0.25, 0.3) is 98.1 Å². The van der Waals surface area contributed by atoms with Crippen LogP contribution in [0.4, 0.5) is 0 Å². The van der Waals surface area contributed by atoms with Crippen LogP contribution in [0, 0.1) is 30.6 Å². The number of ether oxygens (including phenoxy) is 3. The van der Waals surface area contributed by atoms with E-state index in [0.717, 1.165) is 106 Å². The van der Waals surface area contributed by atoms with Crippen LogP contribution in [-0.2, 0) is 13.1 Å². The van der Waals surface area contributed by atoms with E-state index in [-0.39, 0.29) is 13.1 Å². The number of para-hydroxylation sites is 4. The first-order valence-corrected chi connectivity index (χ1v) is 53.4. The molecule has 0 fully saturated rings. The van der Waals surface area contributed by atoms with Gasteiger partial charge in [0.05, 0.1) is 55.0 Å². The van der Waals surface area contributed by atoms with Gasteiger partial charge in [-0.3, -0.25) is 29.0 Å². The molecule has 15 aromatic rings. The van der Waals surface area contributed by atoms with Gasteiger partial charge in [-0.1, -0.05) is 398 Å². The first kappa shape index (κ1) is 97.2. The van der Waals surface area contributed by atoms with Gasteiger partial charge >= 0.3 is 0 Å². The summed E-state index contributed by atoms with van der Waals surface area (Å²) in [7, 11) is 0. The molecule has 712 valence electrons. The Morgan fingerprint density at radius 1 is 0.239 bits per heavy atom. The molecule has 0 unspecified atom stereocenters. The fourth-order valence-corrected chi connectivity index (χ4v) is 21.7. The Labute approximate surface area is 819 Å². The van der Waals surface area contributed by atoms with E-state index in [2.05, 4.69) is 175 Å². The van der Waals surface area contributed by atoms with Crippen LogP contribution in [-0.4, -0.2) is 62.4 Å². The molecule has 2 aromatic heterocycles. The summed E-state index contributed by atoms with van der Waals surface area (Å²) in [6.45, 7) is 10.5. The summed E-state index contributed by atoms with van der Waals surface area (Å²) in [4.78, 5) is 66.9. The minimum absolute atomic E-state index is 0.0108. The van der Waals surface area contributed by atoms with Gasteiger partial charge in [0.25, 0.3) is 23.6 Å². The third-order valence-corrected chi connectivity index (χ3v) is 29.3. The lowest BCUT2D eigenvalue weighted by Gasteiger charge is -2.31. The quantitative estimate of drug-likeness (QED) is 0.0123. The zero-order valence-corrected chi connectivity index (χ0v) is 82.7. The number of hydrogen-bond donors (Lipinski definition) is 0. The van der Waals surface area contributed by atoms with E-state index < -0.39 is 23.6 Å². The number of amides is 4. The number of aryl methyl sites for hydroxylation is 1. The van der Waals surface area contributed by atoms with Crippen molar-refractivity contribution in [2.75, 3.05) is 19.8 Å². The number of benzene rings is 13. The van der Waals surface area contributed by atoms with Crippen molar-refractivity contribution in [1.82, 2.24) is 18.9 Å². The van der Waals surface area contributed by atoms with Crippen molar-refractivity contribution in [2.24, 2.45) is 0 Å². The van der Waals surface area contributed by atoms with Gasteiger partial charge < -0.3 is 23.3 Å². The monoisotopic (exact) mass is 1840 g/mol. The molecule has 0 spiro atoms. The summed E-state index contributed by atoms with van der Waals surface area (Å²) in [5.74, 6) is 14.8. The van der Waals surface area contributed by atoms with Crippen molar-refractivity contribution in [2.45, 2.75) is 310 Å². The number of unbranched alkanes of at least 4 members (excludes halogenated alkanes) is 39. The van der Waals surface area contributed by atoms with Crippen LogP contribution >= 0.6 is 0 Å². The highest BCUT2D eigenvalue weighted by molar-refractivity contribution is 6.42. The number of imide groups is 2. The van der Waals surface area contributed by atoms with Gasteiger partial charge in [0.15, 0.2) is 11.5 Å². The number of fused-ring (bicyclic) bond motifs is 8. The lowest BCUT2D eigenvalue weighted by Crippen LogP contribution is -2.40. The topological polar surface area (TPSA) is 112 Å². The van der Waals surface area contributed by atoms with Gasteiger partial charge in [0, 0.05) is 110 Å². The van der Waals surface area contributed by atoms with E-state index in [9.17, 15) is 0 Å². The minimum Gasteiger partial charge on any atom is -0.493 e. The molecule has 0 saturated heterocycles. The van der Waals surface area contributed by atoms with E-state index in [1.54, 1.807) is 0 Å². The summed E-state index contributed by atoms with van der Waals surface area (Å²) in [6.07, 6.45) is 53.5. The Kier molecular flexibility index (Phi) is 34.3. The van der Waals surface area contributed by atoms with Gasteiger partial charge in [0.2, 0.25) is 0 Å². The second kappa shape index (κ2) is 48.7. The fourth-order valence-electron chi connectivity index (χ4n) is 21.7. The summed E-state index contributed by atoms with van der Waals surface area (Å²) < 4.78 is 24.5. The third kappa shape index (κ3) is 22.9. The fraction of sp³-hybridized carbons (Fsp3) is 0.402. The summed E-state index contributed by atoms with van der Waals surface area (Å²) in [5.41, 5.74) is 12.9. The van der Waals surface area contributed by atoms with E-state index in [1.807, 2.05) is 104 Å². The highest BCUT2D eigenvalue weighted by Crippen LogP contribution is 2.50. The molecular formula is C127H142N4O7. The number of carbonyl (C=O) groups excluding carboxylic acids is 4. The number of hydrogen-bond acceptors (Lipinski definition) is 7. The zero-order valence-electron chi connectivity index (χ0n) is 82.7. The highest BCUT2D eigenvalue weighted by Gasteiger charge is 2.39. The first-order chi connectivity index (χ1) is 68.1. The normalized spacial score (nSPS) is 12.6. The SMILES string of the molecule is CCCCCCCCCCCCCCCCOc1cc(CN2C(=O)c3ccc4c5c(C#Cc6ccc(-n7c8ccccc8c8ccccc87)cc6)cc6c7c(ccc(c8c(C#Cc9ccc(-n%10c%11ccccc%11c%11ccccc%11%10)cc9)cc(c3c48)C2=O)c75)C(=O)N(Cc2ccc(OCCCCCCCCCCCCCCCC)c(OCCCCCCCCCCCCCCCC)c2)C6=O)ccc1C. The molecule has 4 heterocycles. The largest absolute Gasteiger partial charge is 0.493 e. The molecule has 0 N–H and O–H groups in total. The van der Waals surface area contributed by atoms with Crippen molar-refractivity contribution >= 4 is 110 Å².